The second-order valence-electron chi connectivity index (χ2n) is 5.46. The summed E-state index contributed by atoms with van der Waals surface area (Å²) in [7, 11) is 1.40. The largest absolute Gasteiger partial charge is 0.465 e. The summed E-state index contributed by atoms with van der Waals surface area (Å²) in [6.07, 6.45) is 1.14. The monoisotopic (exact) mass is 262 g/mol. The summed E-state index contributed by atoms with van der Waals surface area (Å²) in [6, 6.07) is 5.46. The van der Waals surface area contributed by atoms with Gasteiger partial charge in [-0.1, -0.05) is 13.8 Å². The van der Waals surface area contributed by atoms with Crippen LogP contribution in [0, 0.1) is 11.8 Å². The van der Waals surface area contributed by atoms with Crippen molar-refractivity contribution < 1.29 is 9.53 Å². The van der Waals surface area contributed by atoms with Gasteiger partial charge in [-0.3, -0.25) is 0 Å². The number of carbonyl (C=O) groups is 1. The van der Waals surface area contributed by atoms with Crippen LogP contribution in [0.3, 0.4) is 0 Å². The molecule has 1 saturated heterocycles. The quantitative estimate of drug-likeness (QED) is 0.657. The second-order valence-corrected chi connectivity index (χ2v) is 5.46. The van der Waals surface area contributed by atoms with Crippen LogP contribution in [0.1, 0.15) is 30.6 Å². The predicted octanol–water partition coefficient (Wildman–Crippen LogP) is 2.54. The topological polar surface area (TPSA) is 55.6 Å². The van der Waals surface area contributed by atoms with Crippen molar-refractivity contribution in [1.29, 1.82) is 0 Å². The summed E-state index contributed by atoms with van der Waals surface area (Å²) in [5.41, 5.74) is 7.85. The number of benzene rings is 1. The maximum absolute atomic E-state index is 11.9. The highest BCUT2D eigenvalue weighted by Crippen LogP contribution is 2.30. The molecule has 0 spiro atoms. The van der Waals surface area contributed by atoms with E-state index in [1.54, 1.807) is 6.07 Å². The summed E-state index contributed by atoms with van der Waals surface area (Å²) in [5.74, 6) is 1.02. The molecular weight excluding hydrogens is 240 g/mol. The fourth-order valence-electron chi connectivity index (χ4n) is 2.58. The molecule has 1 aliphatic heterocycles. The number of hydrogen-bond acceptors (Lipinski definition) is 4. The fraction of sp³-hybridized carbons (Fsp3) is 0.533. The lowest BCUT2D eigenvalue weighted by Crippen LogP contribution is -2.39. The molecule has 0 aliphatic carbocycles. The van der Waals surface area contributed by atoms with Crippen LogP contribution in [-0.4, -0.2) is 26.2 Å². The summed E-state index contributed by atoms with van der Waals surface area (Å²) in [5, 5.41) is 0. The van der Waals surface area contributed by atoms with Gasteiger partial charge in [0.2, 0.25) is 0 Å². The van der Waals surface area contributed by atoms with Crippen LogP contribution in [-0.2, 0) is 4.74 Å². The van der Waals surface area contributed by atoms with Gasteiger partial charge in [0.05, 0.1) is 18.4 Å². The summed E-state index contributed by atoms with van der Waals surface area (Å²) >= 11 is 0. The van der Waals surface area contributed by atoms with Gasteiger partial charge in [-0.15, -0.1) is 0 Å². The number of anilines is 2. The highest BCUT2D eigenvalue weighted by molar-refractivity contribution is 5.97. The Labute approximate surface area is 114 Å². The summed E-state index contributed by atoms with van der Waals surface area (Å²) in [6.45, 7) is 6.48. The molecule has 1 aromatic carbocycles. The molecule has 1 heterocycles. The molecule has 0 bridgehead atoms. The number of nitrogens with zero attached hydrogens (tertiary/aromatic N) is 1. The molecule has 2 atom stereocenters. The Kier molecular flexibility index (Phi) is 3.98. The molecule has 0 aromatic heterocycles. The number of carbonyl (C=O) groups excluding carboxylic acids is 1. The van der Waals surface area contributed by atoms with Gasteiger partial charge in [-0.25, -0.2) is 4.79 Å². The minimum atomic E-state index is -0.325. The highest BCUT2D eigenvalue weighted by Gasteiger charge is 2.25. The molecule has 1 aromatic rings. The van der Waals surface area contributed by atoms with E-state index in [4.69, 9.17) is 10.5 Å². The Morgan fingerprint density at radius 1 is 1.37 bits per heavy atom. The number of nitrogens with two attached hydrogens (primary N) is 1. The van der Waals surface area contributed by atoms with Crippen LogP contribution in [0.15, 0.2) is 18.2 Å². The number of hydrogen-bond donors (Lipinski definition) is 1. The lowest BCUT2D eigenvalue weighted by atomic mass is 9.88. The highest BCUT2D eigenvalue weighted by atomic mass is 16.5. The molecule has 1 fully saturated rings. The molecule has 0 amide bonds. The maximum Gasteiger partial charge on any atom is 0.340 e. The molecule has 0 radical (unpaired) electrons. The maximum atomic E-state index is 11.9. The lowest BCUT2D eigenvalue weighted by molar-refractivity contribution is 0.0601. The number of rotatable bonds is 2. The smallest absolute Gasteiger partial charge is 0.340 e. The minimum absolute atomic E-state index is 0.325. The van der Waals surface area contributed by atoms with Crippen LogP contribution in [0.2, 0.25) is 0 Å². The third-order valence-corrected chi connectivity index (χ3v) is 4.10. The number of esters is 1. The van der Waals surface area contributed by atoms with E-state index in [1.165, 1.54) is 7.11 Å². The zero-order valence-electron chi connectivity index (χ0n) is 11.8. The van der Waals surface area contributed by atoms with E-state index < -0.39 is 0 Å². The molecule has 104 valence electrons. The van der Waals surface area contributed by atoms with Crippen molar-refractivity contribution in [3.8, 4) is 0 Å². The molecule has 4 heteroatoms. The average molecular weight is 262 g/mol. The number of ether oxygens (including phenoxy) is 1. The van der Waals surface area contributed by atoms with Crippen molar-refractivity contribution in [1.82, 2.24) is 0 Å². The van der Waals surface area contributed by atoms with Crippen molar-refractivity contribution in [2.75, 3.05) is 30.8 Å². The first-order valence-corrected chi connectivity index (χ1v) is 6.75. The van der Waals surface area contributed by atoms with Gasteiger partial charge in [0.15, 0.2) is 0 Å². The van der Waals surface area contributed by atoms with Gasteiger partial charge in [-0.2, -0.15) is 0 Å². The Balaban J connectivity index is 2.31. The van der Waals surface area contributed by atoms with E-state index in [0.29, 0.717) is 17.2 Å². The molecule has 2 rings (SSSR count). The zero-order chi connectivity index (χ0) is 14.0. The van der Waals surface area contributed by atoms with Crippen molar-refractivity contribution >= 4 is 17.3 Å². The van der Waals surface area contributed by atoms with E-state index >= 15 is 0 Å². The SMILES string of the molecule is COC(=O)c1cc(N)ccc1N1CCC(C)C(C)C1. The van der Waals surface area contributed by atoms with E-state index in [9.17, 15) is 4.79 Å². The third-order valence-electron chi connectivity index (χ3n) is 4.10. The van der Waals surface area contributed by atoms with Crippen LogP contribution in [0.25, 0.3) is 0 Å². The van der Waals surface area contributed by atoms with Crippen molar-refractivity contribution in [3.63, 3.8) is 0 Å². The van der Waals surface area contributed by atoms with Crippen LogP contribution >= 0.6 is 0 Å². The van der Waals surface area contributed by atoms with Gasteiger partial charge >= 0.3 is 5.97 Å². The zero-order valence-corrected chi connectivity index (χ0v) is 11.8. The Bertz CT molecular complexity index is 473. The Morgan fingerprint density at radius 3 is 2.74 bits per heavy atom. The normalized spacial score (nSPS) is 23.2. The van der Waals surface area contributed by atoms with E-state index in [0.717, 1.165) is 31.1 Å². The number of piperidine rings is 1. The first kappa shape index (κ1) is 13.7. The van der Waals surface area contributed by atoms with E-state index in [1.807, 2.05) is 12.1 Å². The second kappa shape index (κ2) is 5.51. The molecule has 19 heavy (non-hydrogen) atoms. The average Bonchev–Trinajstić information content (AvgIpc) is 2.41. The van der Waals surface area contributed by atoms with E-state index in [2.05, 4.69) is 18.7 Å². The van der Waals surface area contributed by atoms with Gasteiger partial charge in [0.1, 0.15) is 0 Å². The Hall–Kier alpha value is -1.71. The van der Waals surface area contributed by atoms with Gasteiger partial charge < -0.3 is 15.4 Å². The molecular formula is C15H22N2O2. The molecule has 2 N–H and O–H groups in total. The standard InChI is InChI=1S/C15H22N2O2/c1-10-6-7-17(9-11(10)2)14-5-4-12(16)8-13(14)15(18)19-3/h4-5,8,10-11H,6-7,9,16H2,1-3H3. The first-order chi connectivity index (χ1) is 9.02. The van der Waals surface area contributed by atoms with Crippen molar-refractivity contribution in [3.05, 3.63) is 23.8 Å². The van der Waals surface area contributed by atoms with Crippen molar-refractivity contribution in [2.24, 2.45) is 11.8 Å². The van der Waals surface area contributed by atoms with Crippen molar-refractivity contribution in [2.45, 2.75) is 20.3 Å². The van der Waals surface area contributed by atoms with Gasteiger partial charge in [-0.05, 0) is 36.5 Å². The fourth-order valence-corrected chi connectivity index (χ4v) is 2.58. The van der Waals surface area contributed by atoms with Crippen LogP contribution < -0.4 is 10.6 Å². The lowest BCUT2D eigenvalue weighted by Gasteiger charge is -2.37. The van der Waals surface area contributed by atoms with Gasteiger partial charge in [0, 0.05) is 18.8 Å². The van der Waals surface area contributed by atoms with Gasteiger partial charge in [0.25, 0.3) is 0 Å². The number of methoxy groups -OCH3 is 1. The minimum Gasteiger partial charge on any atom is -0.465 e. The molecule has 2 unspecified atom stereocenters. The summed E-state index contributed by atoms with van der Waals surface area (Å²) < 4.78 is 4.85. The summed E-state index contributed by atoms with van der Waals surface area (Å²) in [4.78, 5) is 14.1. The third kappa shape index (κ3) is 2.83. The Morgan fingerprint density at radius 2 is 2.11 bits per heavy atom. The number of nitrogen functional groups attached to an aromatic ring is 1. The molecule has 1 aliphatic rings. The first-order valence-electron chi connectivity index (χ1n) is 6.75. The van der Waals surface area contributed by atoms with Crippen LogP contribution in [0.5, 0.6) is 0 Å². The van der Waals surface area contributed by atoms with E-state index in [-0.39, 0.29) is 5.97 Å². The molecule has 0 saturated carbocycles. The van der Waals surface area contributed by atoms with Crippen LogP contribution in [0.4, 0.5) is 11.4 Å². The molecule has 4 nitrogen and oxygen atoms in total. The predicted molar refractivity (Wildman–Crippen MR) is 77.4 cm³/mol.